The number of anilines is 1. The molecule has 3 N–H and O–H groups in total. The number of nitrogens with one attached hydrogen (secondary N) is 1. The van der Waals surface area contributed by atoms with Crippen molar-refractivity contribution in [1.82, 2.24) is 9.88 Å². The second-order valence-corrected chi connectivity index (χ2v) is 5.37. The van der Waals surface area contributed by atoms with Crippen molar-refractivity contribution >= 4 is 11.6 Å². The Labute approximate surface area is 125 Å². The first kappa shape index (κ1) is 15.9. The second kappa shape index (κ2) is 8.05. The Morgan fingerprint density at radius 2 is 2.19 bits per heavy atom. The molecule has 1 fully saturated rings. The van der Waals surface area contributed by atoms with Gasteiger partial charge in [-0.2, -0.15) is 0 Å². The molecule has 0 saturated heterocycles. The predicted molar refractivity (Wildman–Crippen MR) is 81.4 cm³/mol. The van der Waals surface area contributed by atoms with Crippen LogP contribution in [-0.4, -0.2) is 43.9 Å². The van der Waals surface area contributed by atoms with Gasteiger partial charge in [-0.15, -0.1) is 0 Å². The maximum Gasteiger partial charge on any atom is 0.267 e. The Morgan fingerprint density at radius 3 is 2.90 bits per heavy atom. The molecule has 0 radical (unpaired) electrons. The van der Waals surface area contributed by atoms with Gasteiger partial charge in [0.1, 0.15) is 5.69 Å². The lowest BCUT2D eigenvalue weighted by Gasteiger charge is -2.08. The SMILES string of the molecule is COCCOCCCCNC(=O)c1cc(N)cn1C1CC1. The van der Waals surface area contributed by atoms with Crippen molar-refractivity contribution in [2.75, 3.05) is 39.2 Å². The quantitative estimate of drug-likeness (QED) is 0.642. The fourth-order valence-electron chi connectivity index (χ4n) is 2.20. The largest absolute Gasteiger partial charge is 0.397 e. The van der Waals surface area contributed by atoms with Crippen molar-refractivity contribution in [1.29, 1.82) is 0 Å². The highest BCUT2D eigenvalue weighted by Gasteiger charge is 2.27. The molecule has 1 aliphatic carbocycles. The summed E-state index contributed by atoms with van der Waals surface area (Å²) in [6.45, 7) is 2.60. The molecule has 1 aromatic rings. The Bertz CT molecular complexity index is 455. The molecule has 1 heterocycles. The van der Waals surface area contributed by atoms with Gasteiger partial charge < -0.3 is 25.1 Å². The number of unbranched alkanes of at least 4 members (excludes halogenated alkanes) is 1. The number of aromatic nitrogens is 1. The number of hydrogen-bond acceptors (Lipinski definition) is 4. The first-order valence-electron chi connectivity index (χ1n) is 7.54. The third-order valence-corrected chi connectivity index (χ3v) is 3.48. The summed E-state index contributed by atoms with van der Waals surface area (Å²) < 4.78 is 12.3. The van der Waals surface area contributed by atoms with Gasteiger partial charge in [-0.05, 0) is 31.7 Å². The topological polar surface area (TPSA) is 78.5 Å². The van der Waals surface area contributed by atoms with Crippen LogP contribution in [0.25, 0.3) is 0 Å². The van der Waals surface area contributed by atoms with E-state index < -0.39 is 0 Å². The van der Waals surface area contributed by atoms with Gasteiger partial charge in [-0.1, -0.05) is 0 Å². The molecule has 21 heavy (non-hydrogen) atoms. The van der Waals surface area contributed by atoms with Gasteiger partial charge in [-0.25, -0.2) is 0 Å². The van der Waals surface area contributed by atoms with E-state index >= 15 is 0 Å². The first-order chi connectivity index (χ1) is 10.2. The van der Waals surface area contributed by atoms with Crippen LogP contribution in [-0.2, 0) is 9.47 Å². The Kier molecular flexibility index (Phi) is 6.07. The molecule has 1 aromatic heterocycles. The highest BCUT2D eigenvalue weighted by Crippen LogP contribution is 2.37. The summed E-state index contributed by atoms with van der Waals surface area (Å²) in [5.41, 5.74) is 7.11. The van der Waals surface area contributed by atoms with Gasteiger partial charge in [0.05, 0.1) is 18.9 Å². The summed E-state index contributed by atoms with van der Waals surface area (Å²) in [4.78, 5) is 12.1. The van der Waals surface area contributed by atoms with Crippen molar-refractivity contribution in [3.63, 3.8) is 0 Å². The average Bonchev–Trinajstić information content (AvgIpc) is 3.24. The molecule has 1 saturated carbocycles. The van der Waals surface area contributed by atoms with E-state index in [0.29, 0.717) is 43.8 Å². The van der Waals surface area contributed by atoms with Crippen LogP contribution in [0.15, 0.2) is 12.3 Å². The van der Waals surface area contributed by atoms with E-state index in [-0.39, 0.29) is 5.91 Å². The maximum atomic E-state index is 12.1. The number of nitrogens with zero attached hydrogens (tertiary/aromatic N) is 1. The highest BCUT2D eigenvalue weighted by atomic mass is 16.5. The molecular formula is C15H25N3O3. The summed E-state index contributed by atoms with van der Waals surface area (Å²) in [7, 11) is 1.66. The standard InChI is InChI=1S/C15H25N3O3/c1-20-8-9-21-7-3-2-6-17-15(19)14-10-12(16)11-18(14)13-4-5-13/h10-11,13H,2-9,16H2,1H3,(H,17,19). The number of amides is 1. The second-order valence-electron chi connectivity index (χ2n) is 5.37. The van der Waals surface area contributed by atoms with E-state index in [9.17, 15) is 4.79 Å². The van der Waals surface area contributed by atoms with E-state index in [1.165, 1.54) is 0 Å². The number of carbonyl (C=O) groups is 1. The minimum absolute atomic E-state index is 0.0427. The summed E-state index contributed by atoms with van der Waals surface area (Å²) >= 11 is 0. The third kappa shape index (κ3) is 5.06. The van der Waals surface area contributed by atoms with Crippen molar-refractivity contribution in [2.45, 2.75) is 31.7 Å². The number of rotatable bonds is 10. The zero-order valence-corrected chi connectivity index (χ0v) is 12.6. The fourth-order valence-corrected chi connectivity index (χ4v) is 2.20. The zero-order valence-electron chi connectivity index (χ0n) is 12.6. The van der Waals surface area contributed by atoms with Crippen LogP contribution in [0.2, 0.25) is 0 Å². The maximum absolute atomic E-state index is 12.1. The van der Waals surface area contributed by atoms with Crippen LogP contribution in [0.1, 0.15) is 42.2 Å². The van der Waals surface area contributed by atoms with E-state index in [4.69, 9.17) is 15.2 Å². The lowest BCUT2D eigenvalue weighted by molar-refractivity contribution is 0.0686. The van der Waals surface area contributed by atoms with Crippen LogP contribution in [0.3, 0.4) is 0 Å². The fraction of sp³-hybridized carbons (Fsp3) is 0.667. The first-order valence-corrected chi connectivity index (χ1v) is 7.54. The summed E-state index contributed by atoms with van der Waals surface area (Å²) in [5, 5.41) is 2.94. The minimum atomic E-state index is -0.0427. The van der Waals surface area contributed by atoms with Gasteiger partial charge in [-0.3, -0.25) is 4.79 Å². The number of ether oxygens (including phenoxy) is 2. The monoisotopic (exact) mass is 295 g/mol. The van der Waals surface area contributed by atoms with Crippen LogP contribution in [0, 0.1) is 0 Å². The van der Waals surface area contributed by atoms with Crippen molar-refractivity contribution in [2.24, 2.45) is 0 Å². The van der Waals surface area contributed by atoms with E-state index in [1.54, 1.807) is 13.2 Å². The Balaban J connectivity index is 1.63. The molecule has 0 unspecified atom stereocenters. The minimum Gasteiger partial charge on any atom is -0.397 e. The van der Waals surface area contributed by atoms with E-state index in [2.05, 4.69) is 5.32 Å². The molecule has 0 spiro atoms. The van der Waals surface area contributed by atoms with Crippen LogP contribution in [0.4, 0.5) is 5.69 Å². The molecule has 0 aliphatic heterocycles. The third-order valence-electron chi connectivity index (χ3n) is 3.48. The number of nitrogens with two attached hydrogens (primary N) is 1. The van der Waals surface area contributed by atoms with Crippen LogP contribution < -0.4 is 11.1 Å². The van der Waals surface area contributed by atoms with Crippen LogP contribution >= 0.6 is 0 Å². The predicted octanol–water partition coefficient (Wildman–Crippen LogP) is 1.58. The summed E-state index contributed by atoms with van der Waals surface area (Å²) in [5.74, 6) is -0.0427. The van der Waals surface area contributed by atoms with Gasteiger partial charge in [0.2, 0.25) is 0 Å². The number of nitrogen functional groups attached to an aromatic ring is 1. The average molecular weight is 295 g/mol. The van der Waals surface area contributed by atoms with Crippen molar-refractivity contribution < 1.29 is 14.3 Å². The van der Waals surface area contributed by atoms with Crippen molar-refractivity contribution in [3.8, 4) is 0 Å². The molecular weight excluding hydrogens is 270 g/mol. The summed E-state index contributed by atoms with van der Waals surface area (Å²) in [6, 6.07) is 2.21. The van der Waals surface area contributed by atoms with Gasteiger partial charge in [0.15, 0.2) is 0 Å². The van der Waals surface area contributed by atoms with Gasteiger partial charge in [0, 0.05) is 32.5 Å². The molecule has 2 rings (SSSR count). The lowest BCUT2D eigenvalue weighted by Crippen LogP contribution is -2.26. The molecule has 6 nitrogen and oxygen atoms in total. The van der Waals surface area contributed by atoms with E-state index in [0.717, 1.165) is 25.7 Å². The number of hydrogen-bond donors (Lipinski definition) is 2. The normalized spacial score (nSPS) is 14.3. The van der Waals surface area contributed by atoms with E-state index in [1.807, 2.05) is 10.8 Å². The van der Waals surface area contributed by atoms with Crippen LogP contribution in [0.5, 0.6) is 0 Å². The zero-order chi connectivity index (χ0) is 15.1. The number of methoxy groups -OCH3 is 1. The van der Waals surface area contributed by atoms with Gasteiger partial charge >= 0.3 is 0 Å². The Morgan fingerprint density at radius 1 is 1.38 bits per heavy atom. The smallest absolute Gasteiger partial charge is 0.267 e. The molecule has 118 valence electrons. The molecule has 0 atom stereocenters. The molecule has 0 aromatic carbocycles. The molecule has 1 amide bonds. The number of carbonyl (C=O) groups excluding carboxylic acids is 1. The molecule has 6 heteroatoms. The van der Waals surface area contributed by atoms with Gasteiger partial charge in [0.25, 0.3) is 5.91 Å². The van der Waals surface area contributed by atoms with Crippen molar-refractivity contribution in [3.05, 3.63) is 18.0 Å². The summed E-state index contributed by atoms with van der Waals surface area (Å²) in [6.07, 6.45) is 5.95. The molecule has 1 aliphatic rings. The molecule has 0 bridgehead atoms. The lowest BCUT2D eigenvalue weighted by atomic mass is 10.3. The Hall–Kier alpha value is -1.53. The highest BCUT2D eigenvalue weighted by molar-refractivity contribution is 5.93.